The lowest BCUT2D eigenvalue weighted by Gasteiger charge is -2.19. The average Bonchev–Trinajstić information content (AvgIpc) is 2.57. The summed E-state index contributed by atoms with van der Waals surface area (Å²) in [4.78, 5) is 12.5. The average molecular weight is 324 g/mol. The Bertz CT molecular complexity index is 985. The molecule has 0 spiro atoms. The van der Waals surface area contributed by atoms with Gasteiger partial charge >= 0.3 is 0 Å². The van der Waals surface area contributed by atoms with Gasteiger partial charge < -0.3 is 5.32 Å². The lowest BCUT2D eigenvalue weighted by atomic mass is 10.0. The number of nitrogens with zero attached hydrogens (tertiary/aromatic N) is 1. The first-order chi connectivity index (χ1) is 11.0. The fourth-order valence-corrected chi connectivity index (χ4v) is 4.16. The Hall–Kier alpha value is -2.91. The zero-order valence-corrected chi connectivity index (χ0v) is 12.9. The molecular formula is C17H12N2O3S. The van der Waals surface area contributed by atoms with E-state index >= 15 is 0 Å². The normalized spacial score (nSPS) is 14.3. The van der Waals surface area contributed by atoms with Gasteiger partial charge in [0.25, 0.3) is 0 Å². The molecule has 1 aliphatic heterocycles. The fraction of sp³-hybridized carbons (Fsp3) is 0.0588. The summed E-state index contributed by atoms with van der Waals surface area (Å²) in [5.74, 6) is -0.364. The molecule has 1 N–H and O–H groups in total. The molecule has 0 radical (unpaired) electrons. The van der Waals surface area contributed by atoms with Crippen LogP contribution in [0.1, 0.15) is 21.5 Å². The number of benzene rings is 2. The van der Waals surface area contributed by atoms with Crippen molar-refractivity contribution in [3.05, 3.63) is 65.7 Å². The van der Waals surface area contributed by atoms with Crippen LogP contribution in [0.4, 0.5) is 5.69 Å². The van der Waals surface area contributed by atoms with Gasteiger partial charge in [0.15, 0.2) is 5.78 Å². The number of hydrogen-bond donors (Lipinski definition) is 1. The topological polar surface area (TPSA) is 87.0 Å². The maximum Gasteiger partial charge on any atom is 0.208 e. The summed E-state index contributed by atoms with van der Waals surface area (Å²) in [6.07, 6.45) is 1.66. The number of carbonyl (C=O) groups is 1. The standard InChI is InChI=1S/C17H12N2O3S/c1-2-7-19-12-4-6-15-14(9-12)17(20)13-5-3-11(10-18)8-16(13)23(15,21)22/h2-6,8-9,19H,1,7H2. The number of fused-ring (bicyclic) bond motifs is 2. The van der Waals surface area contributed by atoms with Gasteiger partial charge in [0.2, 0.25) is 9.84 Å². The zero-order valence-electron chi connectivity index (χ0n) is 12.0. The molecule has 1 heterocycles. The Morgan fingerprint density at radius 3 is 2.61 bits per heavy atom. The Morgan fingerprint density at radius 1 is 1.13 bits per heavy atom. The highest BCUT2D eigenvalue weighted by molar-refractivity contribution is 7.91. The van der Waals surface area contributed by atoms with Crippen LogP contribution in [-0.2, 0) is 9.84 Å². The smallest absolute Gasteiger partial charge is 0.208 e. The Labute approximate surface area is 133 Å². The van der Waals surface area contributed by atoms with E-state index in [-0.39, 0.29) is 32.3 Å². The van der Waals surface area contributed by atoms with Crippen LogP contribution in [0, 0.1) is 11.3 Å². The summed E-state index contributed by atoms with van der Waals surface area (Å²) in [7, 11) is -3.82. The third-order valence-corrected chi connectivity index (χ3v) is 5.46. The van der Waals surface area contributed by atoms with E-state index in [1.54, 1.807) is 12.1 Å². The number of nitriles is 1. The first-order valence-corrected chi connectivity index (χ1v) is 8.30. The van der Waals surface area contributed by atoms with E-state index in [1.165, 1.54) is 30.3 Å². The molecule has 0 unspecified atom stereocenters. The van der Waals surface area contributed by atoms with E-state index < -0.39 is 9.84 Å². The first-order valence-electron chi connectivity index (χ1n) is 6.82. The molecular weight excluding hydrogens is 312 g/mol. The van der Waals surface area contributed by atoms with E-state index in [4.69, 9.17) is 5.26 Å². The summed E-state index contributed by atoms with van der Waals surface area (Å²) < 4.78 is 25.5. The second-order valence-corrected chi connectivity index (χ2v) is 6.92. The third kappa shape index (κ3) is 2.31. The fourth-order valence-electron chi connectivity index (χ4n) is 2.51. The molecule has 0 atom stereocenters. The highest BCUT2D eigenvalue weighted by Crippen LogP contribution is 2.36. The van der Waals surface area contributed by atoms with Crippen LogP contribution in [0.3, 0.4) is 0 Å². The molecule has 6 heteroatoms. The molecule has 114 valence electrons. The van der Waals surface area contributed by atoms with Gasteiger partial charge in [0, 0.05) is 23.4 Å². The van der Waals surface area contributed by atoms with Crippen LogP contribution in [0.25, 0.3) is 0 Å². The van der Waals surface area contributed by atoms with Crippen LogP contribution in [0.15, 0.2) is 58.8 Å². The second kappa shape index (κ2) is 5.38. The van der Waals surface area contributed by atoms with Gasteiger partial charge in [-0.1, -0.05) is 6.08 Å². The van der Waals surface area contributed by atoms with E-state index in [9.17, 15) is 13.2 Å². The van der Waals surface area contributed by atoms with Crippen molar-refractivity contribution in [3.8, 4) is 6.07 Å². The van der Waals surface area contributed by atoms with Gasteiger partial charge in [0.1, 0.15) is 0 Å². The van der Waals surface area contributed by atoms with Gasteiger partial charge in [0.05, 0.1) is 21.4 Å². The minimum Gasteiger partial charge on any atom is -0.382 e. The molecule has 3 rings (SSSR count). The first kappa shape index (κ1) is 15.0. The number of sulfone groups is 1. The minimum absolute atomic E-state index is 0.0331. The molecule has 2 aromatic carbocycles. The summed E-state index contributed by atoms with van der Waals surface area (Å²) in [5.41, 5.74) is 1.07. The van der Waals surface area contributed by atoms with Crippen LogP contribution in [0.5, 0.6) is 0 Å². The molecule has 0 aliphatic carbocycles. The lowest BCUT2D eigenvalue weighted by Crippen LogP contribution is -2.20. The highest BCUT2D eigenvalue weighted by atomic mass is 32.2. The Balaban J connectivity index is 2.22. The maximum absolute atomic E-state index is 12.7. The van der Waals surface area contributed by atoms with Crippen molar-refractivity contribution in [3.63, 3.8) is 0 Å². The molecule has 2 aromatic rings. The van der Waals surface area contributed by atoms with Gasteiger partial charge in [-0.05, 0) is 36.4 Å². The van der Waals surface area contributed by atoms with Crippen molar-refractivity contribution in [2.24, 2.45) is 0 Å². The molecule has 1 aliphatic rings. The largest absolute Gasteiger partial charge is 0.382 e. The van der Waals surface area contributed by atoms with E-state index in [2.05, 4.69) is 11.9 Å². The summed E-state index contributed by atoms with van der Waals surface area (Å²) in [6, 6.07) is 10.5. The third-order valence-electron chi connectivity index (χ3n) is 3.61. The maximum atomic E-state index is 12.7. The van der Waals surface area contributed by atoms with E-state index in [1.807, 2.05) is 6.07 Å². The Kier molecular flexibility index (Phi) is 3.51. The molecule has 0 saturated heterocycles. The van der Waals surface area contributed by atoms with Crippen molar-refractivity contribution in [2.75, 3.05) is 11.9 Å². The quantitative estimate of drug-likeness (QED) is 0.748. The molecule has 0 amide bonds. The molecule has 0 saturated carbocycles. The highest BCUT2D eigenvalue weighted by Gasteiger charge is 2.35. The number of rotatable bonds is 3. The number of anilines is 1. The van der Waals surface area contributed by atoms with Gasteiger partial charge in [-0.2, -0.15) is 5.26 Å². The minimum atomic E-state index is -3.82. The summed E-state index contributed by atoms with van der Waals surface area (Å²) in [5, 5.41) is 12.0. The van der Waals surface area contributed by atoms with Crippen molar-refractivity contribution < 1.29 is 13.2 Å². The summed E-state index contributed by atoms with van der Waals surface area (Å²) in [6.45, 7) is 4.10. The lowest BCUT2D eigenvalue weighted by molar-refractivity contribution is 0.103. The monoisotopic (exact) mass is 324 g/mol. The molecule has 0 bridgehead atoms. The van der Waals surface area contributed by atoms with Gasteiger partial charge in [-0.25, -0.2) is 8.42 Å². The van der Waals surface area contributed by atoms with Crippen LogP contribution < -0.4 is 5.32 Å². The number of hydrogen-bond acceptors (Lipinski definition) is 5. The van der Waals surface area contributed by atoms with Gasteiger partial charge in [-0.15, -0.1) is 6.58 Å². The van der Waals surface area contributed by atoms with Crippen molar-refractivity contribution >= 4 is 21.3 Å². The SMILES string of the molecule is C=CCNc1ccc2c(c1)C(=O)c1ccc(C#N)cc1S2(=O)=O. The molecule has 5 nitrogen and oxygen atoms in total. The van der Waals surface area contributed by atoms with Crippen molar-refractivity contribution in [2.45, 2.75) is 9.79 Å². The molecule has 0 aromatic heterocycles. The molecule has 23 heavy (non-hydrogen) atoms. The number of ketones is 1. The van der Waals surface area contributed by atoms with Crippen molar-refractivity contribution in [1.82, 2.24) is 0 Å². The van der Waals surface area contributed by atoms with Gasteiger partial charge in [-0.3, -0.25) is 4.79 Å². The number of nitrogens with one attached hydrogen (secondary N) is 1. The molecule has 0 fully saturated rings. The predicted molar refractivity (Wildman–Crippen MR) is 85.2 cm³/mol. The van der Waals surface area contributed by atoms with Crippen molar-refractivity contribution in [1.29, 1.82) is 5.26 Å². The summed E-state index contributed by atoms with van der Waals surface area (Å²) >= 11 is 0. The van der Waals surface area contributed by atoms with Crippen LogP contribution in [-0.4, -0.2) is 20.7 Å². The number of carbonyl (C=O) groups excluding carboxylic acids is 1. The second-order valence-electron chi connectivity index (χ2n) is 5.04. The zero-order chi connectivity index (χ0) is 16.6. The van der Waals surface area contributed by atoms with E-state index in [0.29, 0.717) is 12.2 Å². The van der Waals surface area contributed by atoms with Crippen LogP contribution >= 0.6 is 0 Å². The van der Waals surface area contributed by atoms with E-state index in [0.717, 1.165) is 0 Å². The Morgan fingerprint density at radius 2 is 1.91 bits per heavy atom. The predicted octanol–water partition coefficient (Wildman–Crippen LogP) is 2.53. The van der Waals surface area contributed by atoms with Crippen LogP contribution in [0.2, 0.25) is 0 Å².